The van der Waals surface area contributed by atoms with E-state index in [2.05, 4.69) is 5.32 Å². The van der Waals surface area contributed by atoms with Gasteiger partial charge in [0.15, 0.2) is 0 Å². The molecule has 1 aromatic rings. The third-order valence-corrected chi connectivity index (χ3v) is 3.43. The first-order valence-electron chi connectivity index (χ1n) is 7.04. The third-order valence-electron chi connectivity index (χ3n) is 3.43. The highest BCUT2D eigenvalue weighted by Crippen LogP contribution is 2.24. The van der Waals surface area contributed by atoms with E-state index >= 15 is 0 Å². The van der Waals surface area contributed by atoms with Crippen molar-refractivity contribution in [1.82, 2.24) is 5.32 Å². The lowest BCUT2D eigenvalue weighted by molar-refractivity contribution is 0.0937. The van der Waals surface area contributed by atoms with Crippen molar-refractivity contribution in [3.05, 3.63) is 23.8 Å². The number of amides is 1. The molecule has 1 aliphatic rings. The average molecular weight is 262 g/mol. The SMILES string of the molecule is CCCOc1cc(C(=O)NC2CCCC2)ccc1N. The first-order valence-corrected chi connectivity index (χ1v) is 7.04. The highest BCUT2D eigenvalue weighted by molar-refractivity contribution is 5.95. The maximum atomic E-state index is 12.1. The van der Waals surface area contributed by atoms with Crippen LogP contribution in [0.1, 0.15) is 49.4 Å². The van der Waals surface area contributed by atoms with Crippen LogP contribution in [0.2, 0.25) is 0 Å². The number of hydrogen-bond acceptors (Lipinski definition) is 3. The highest BCUT2D eigenvalue weighted by atomic mass is 16.5. The zero-order chi connectivity index (χ0) is 13.7. The second-order valence-electron chi connectivity index (χ2n) is 5.06. The zero-order valence-electron chi connectivity index (χ0n) is 11.4. The Morgan fingerprint density at radius 2 is 2.16 bits per heavy atom. The number of ether oxygens (including phenoxy) is 1. The molecule has 0 atom stereocenters. The molecule has 0 spiro atoms. The molecule has 2 rings (SSSR count). The van der Waals surface area contributed by atoms with E-state index in [1.54, 1.807) is 18.2 Å². The molecular formula is C15H22N2O2. The Hall–Kier alpha value is -1.71. The normalized spacial score (nSPS) is 15.4. The van der Waals surface area contributed by atoms with Gasteiger partial charge in [-0.15, -0.1) is 0 Å². The minimum absolute atomic E-state index is 0.0340. The van der Waals surface area contributed by atoms with E-state index in [9.17, 15) is 4.79 Å². The summed E-state index contributed by atoms with van der Waals surface area (Å²) in [5.41, 5.74) is 7.03. The molecule has 104 valence electrons. The summed E-state index contributed by atoms with van der Waals surface area (Å²) in [5, 5.41) is 3.06. The van der Waals surface area contributed by atoms with Gasteiger partial charge in [-0.25, -0.2) is 0 Å². The molecule has 0 bridgehead atoms. The number of anilines is 1. The van der Waals surface area contributed by atoms with Crippen LogP contribution in [0.4, 0.5) is 5.69 Å². The molecule has 1 fully saturated rings. The van der Waals surface area contributed by atoms with Crippen molar-refractivity contribution in [3.63, 3.8) is 0 Å². The summed E-state index contributed by atoms with van der Waals surface area (Å²) in [6.45, 7) is 2.64. The first kappa shape index (κ1) is 13.7. The predicted octanol–water partition coefficient (Wildman–Crippen LogP) is 2.73. The number of rotatable bonds is 5. The Morgan fingerprint density at radius 1 is 1.42 bits per heavy atom. The molecule has 0 heterocycles. The maximum Gasteiger partial charge on any atom is 0.251 e. The van der Waals surface area contributed by atoms with E-state index in [1.807, 2.05) is 6.92 Å². The fraction of sp³-hybridized carbons (Fsp3) is 0.533. The van der Waals surface area contributed by atoms with Crippen LogP contribution in [0.5, 0.6) is 5.75 Å². The second kappa shape index (κ2) is 6.45. The van der Waals surface area contributed by atoms with Crippen LogP contribution in [-0.2, 0) is 0 Å². The molecule has 0 radical (unpaired) electrons. The number of hydrogen-bond donors (Lipinski definition) is 2. The highest BCUT2D eigenvalue weighted by Gasteiger charge is 2.18. The van der Waals surface area contributed by atoms with Gasteiger partial charge < -0.3 is 15.8 Å². The van der Waals surface area contributed by atoms with Crippen LogP contribution >= 0.6 is 0 Å². The molecule has 19 heavy (non-hydrogen) atoms. The molecule has 1 amide bonds. The number of nitrogen functional groups attached to an aromatic ring is 1. The van der Waals surface area contributed by atoms with E-state index in [4.69, 9.17) is 10.5 Å². The van der Waals surface area contributed by atoms with E-state index in [-0.39, 0.29) is 5.91 Å². The largest absolute Gasteiger partial charge is 0.491 e. The Bertz CT molecular complexity index is 440. The van der Waals surface area contributed by atoms with Gasteiger partial charge in [0.05, 0.1) is 12.3 Å². The smallest absolute Gasteiger partial charge is 0.251 e. The summed E-state index contributed by atoms with van der Waals surface area (Å²) in [6.07, 6.45) is 5.49. The van der Waals surface area contributed by atoms with E-state index < -0.39 is 0 Å². The number of carbonyl (C=O) groups excluding carboxylic acids is 1. The van der Waals surface area contributed by atoms with Gasteiger partial charge in [0.25, 0.3) is 5.91 Å². The number of carbonyl (C=O) groups is 1. The first-order chi connectivity index (χ1) is 9.20. The standard InChI is InChI=1S/C15H22N2O2/c1-2-9-19-14-10-11(7-8-13(14)16)15(18)17-12-5-3-4-6-12/h7-8,10,12H,2-6,9,16H2,1H3,(H,17,18). The second-order valence-corrected chi connectivity index (χ2v) is 5.06. The van der Waals surface area contributed by atoms with Crippen molar-refractivity contribution >= 4 is 11.6 Å². The fourth-order valence-corrected chi connectivity index (χ4v) is 2.35. The number of nitrogens with two attached hydrogens (primary N) is 1. The molecule has 0 unspecified atom stereocenters. The van der Waals surface area contributed by atoms with Crippen LogP contribution in [0.25, 0.3) is 0 Å². The van der Waals surface area contributed by atoms with Gasteiger partial charge in [-0.3, -0.25) is 4.79 Å². The summed E-state index contributed by atoms with van der Waals surface area (Å²) in [6, 6.07) is 5.53. The van der Waals surface area contributed by atoms with Crippen LogP contribution in [-0.4, -0.2) is 18.6 Å². The summed E-state index contributed by atoms with van der Waals surface area (Å²) >= 11 is 0. The van der Waals surface area contributed by atoms with Gasteiger partial charge in [0.2, 0.25) is 0 Å². The van der Waals surface area contributed by atoms with Crippen LogP contribution in [0.3, 0.4) is 0 Å². The lowest BCUT2D eigenvalue weighted by atomic mass is 10.1. The molecule has 3 N–H and O–H groups in total. The van der Waals surface area contributed by atoms with Crippen molar-refractivity contribution in [1.29, 1.82) is 0 Å². The molecule has 1 aromatic carbocycles. The Kier molecular flexibility index (Phi) is 4.66. The van der Waals surface area contributed by atoms with Gasteiger partial charge in [-0.05, 0) is 37.5 Å². The van der Waals surface area contributed by atoms with Gasteiger partial charge in [-0.2, -0.15) is 0 Å². The number of nitrogens with one attached hydrogen (secondary N) is 1. The summed E-state index contributed by atoms with van der Waals surface area (Å²) < 4.78 is 5.54. The van der Waals surface area contributed by atoms with Gasteiger partial charge in [-0.1, -0.05) is 19.8 Å². The predicted molar refractivity (Wildman–Crippen MR) is 76.4 cm³/mol. The van der Waals surface area contributed by atoms with E-state index in [1.165, 1.54) is 12.8 Å². The van der Waals surface area contributed by atoms with Crippen LogP contribution in [0, 0.1) is 0 Å². The van der Waals surface area contributed by atoms with Crippen molar-refractivity contribution < 1.29 is 9.53 Å². The monoisotopic (exact) mass is 262 g/mol. The molecule has 0 aromatic heterocycles. The van der Waals surface area contributed by atoms with Crippen LogP contribution in [0.15, 0.2) is 18.2 Å². The lowest BCUT2D eigenvalue weighted by Crippen LogP contribution is -2.32. The van der Waals surface area contributed by atoms with Crippen molar-refractivity contribution in [3.8, 4) is 5.75 Å². The fourth-order valence-electron chi connectivity index (χ4n) is 2.35. The van der Waals surface area contributed by atoms with Crippen molar-refractivity contribution in [2.24, 2.45) is 0 Å². The summed E-state index contributed by atoms with van der Waals surface area (Å²) in [7, 11) is 0. The van der Waals surface area contributed by atoms with Gasteiger partial charge in [0.1, 0.15) is 5.75 Å². The molecular weight excluding hydrogens is 240 g/mol. The molecule has 0 saturated heterocycles. The van der Waals surface area contributed by atoms with Crippen molar-refractivity contribution in [2.75, 3.05) is 12.3 Å². The number of benzene rings is 1. The molecule has 1 aliphatic carbocycles. The minimum Gasteiger partial charge on any atom is -0.491 e. The van der Waals surface area contributed by atoms with Gasteiger partial charge >= 0.3 is 0 Å². The Labute approximate surface area is 114 Å². The molecule has 4 heteroatoms. The Morgan fingerprint density at radius 3 is 2.84 bits per heavy atom. The summed E-state index contributed by atoms with van der Waals surface area (Å²) in [5.74, 6) is 0.564. The zero-order valence-corrected chi connectivity index (χ0v) is 11.4. The molecule has 1 saturated carbocycles. The van der Waals surface area contributed by atoms with Crippen LogP contribution < -0.4 is 15.8 Å². The third kappa shape index (κ3) is 3.63. The van der Waals surface area contributed by atoms with E-state index in [0.717, 1.165) is 19.3 Å². The van der Waals surface area contributed by atoms with Crippen molar-refractivity contribution in [2.45, 2.75) is 45.1 Å². The molecule has 0 aliphatic heterocycles. The topological polar surface area (TPSA) is 64.3 Å². The Balaban J connectivity index is 2.04. The lowest BCUT2D eigenvalue weighted by Gasteiger charge is -2.13. The molecule has 4 nitrogen and oxygen atoms in total. The minimum atomic E-state index is -0.0340. The van der Waals surface area contributed by atoms with Gasteiger partial charge in [0, 0.05) is 11.6 Å². The maximum absolute atomic E-state index is 12.1. The average Bonchev–Trinajstić information content (AvgIpc) is 2.90. The quantitative estimate of drug-likeness (QED) is 0.802. The van der Waals surface area contributed by atoms with E-state index in [0.29, 0.717) is 29.6 Å². The summed E-state index contributed by atoms with van der Waals surface area (Å²) in [4.78, 5) is 12.1.